The van der Waals surface area contributed by atoms with Gasteiger partial charge in [-0.05, 0) is 48.0 Å². The van der Waals surface area contributed by atoms with Crippen molar-refractivity contribution in [1.82, 2.24) is 10.2 Å². The van der Waals surface area contributed by atoms with Gasteiger partial charge in [0.1, 0.15) is 11.3 Å². The number of ether oxygens (including phenoxy) is 1. The molecule has 0 aromatic carbocycles. The summed E-state index contributed by atoms with van der Waals surface area (Å²) in [5, 5.41) is 3.70. The van der Waals surface area contributed by atoms with Crippen LogP contribution in [-0.2, 0) is 9.53 Å². The van der Waals surface area contributed by atoms with Crippen molar-refractivity contribution in [3.63, 3.8) is 0 Å². The van der Waals surface area contributed by atoms with E-state index in [1.54, 1.807) is 0 Å². The minimum absolute atomic E-state index is 0.0515. The summed E-state index contributed by atoms with van der Waals surface area (Å²) < 4.78 is 6.47. The second kappa shape index (κ2) is 6.03. The molecule has 0 aromatic rings. The highest BCUT2D eigenvalue weighted by molar-refractivity contribution is 5.87. The quantitative estimate of drug-likeness (QED) is 0.781. The Kier molecular flexibility index (Phi) is 4.91. The van der Waals surface area contributed by atoms with Gasteiger partial charge in [0.15, 0.2) is 0 Å². The van der Waals surface area contributed by atoms with Crippen molar-refractivity contribution in [3.8, 4) is 0 Å². The van der Waals surface area contributed by atoms with Gasteiger partial charge < -0.3 is 15.0 Å². The molecule has 4 heteroatoms. The molecular weight excluding hydrogens is 288 g/mol. The molecule has 134 valence electrons. The molecule has 0 bridgehead atoms. The Morgan fingerprint density at radius 2 is 1.57 bits per heavy atom. The monoisotopic (exact) mass is 324 g/mol. The van der Waals surface area contributed by atoms with Crippen LogP contribution < -0.4 is 5.32 Å². The summed E-state index contributed by atoms with van der Waals surface area (Å²) in [5.41, 5.74) is -1.28. The number of nitrogens with zero attached hydrogens (tertiary/aromatic N) is 1. The topological polar surface area (TPSA) is 41.6 Å². The lowest BCUT2D eigenvalue weighted by Crippen LogP contribution is -2.67. The number of rotatable bonds is 5. The largest absolute Gasteiger partial charge is 0.340 e. The maximum absolute atomic E-state index is 13.0. The lowest BCUT2D eigenvalue weighted by atomic mass is 9.76. The van der Waals surface area contributed by atoms with E-state index in [0.29, 0.717) is 0 Å². The Morgan fingerprint density at radius 1 is 1.00 bits per heavy atom. The molecule has 0 atom stereocenters. The summed E-state index contributed by atoms with van der Waals surface area (Å²) in [6, 6.07) is 0. The molecule has 1 amide bonds. The molecule has 2 fully saturated rings. The van der Waals surface area contributed by atoms with Crippen LogP contribution in [0.3, 0.4) is 0 Å². The van der Waals surface area contributed by atoms with Crippen LogP contribution in [0.4, 0.5) is 0 Å². The molecule has 0 radical (unpaired) electrons. The van der Waals surface area contributed by atoms with Gasteiger partial charge >= 0.3 is 0 Å². The summed E-state index contributed by atoms with van der Waals surface area (Å²) in [4.78, 5) is 15.0. The fraction of sp³-hybridized carbons (Fsp3) is 0.947. The first-order chi connectivity index (χ1) is 10.4. The highest BCUT2D eigenvalue weighted by atomic mass is 16.6. The third-order valence-corrected chi connectivity index (χ3v) is 5.05. The van der Waals surface area contributed by atoms with Crippen LogP contribution in [0.1, 0.15) is 87.0 Å². The van der Waals surface area contributed by atoms with Crippen molar-refractivity contribution in [3.05, 3.63) is 0 Å². The minimum Gasteiger partial charge on any atom is -0.340 e. The third-order valence-electron chi connectivity index (χ3n) is 5.05. The van der Waals surface area contributed by atoms with E-state index in [9.17, 15) is 4.79 Å². The molecule has 2 saturated heterocycles. The molecule has 1 N–H and O–H groups in total. The van der Waals surface area contributed by atoms with Crippen LogP contribution in [0.25, 0.3) is 0 Å². The normalized spacial score (nSPS) is 27.6. The summed E-state index contributed by atoms with van der Waals surface area (Å²) >= 11 is 0. The second-order valence-corrected chi connectivity index (χ2v) is 9.32. The van der Waals surface area contributed by atoms with Gasteiger partial charge in [0, 0.05) is 30.5 Å². The van der Waals surface area contributed by atoms with E-state index in [1.807, 2.05) is 13.8 Å². The molecule has 4 nitrogen and oxygen atoms in total. The molecule has 0 aromatic heterocycles. The van der Waals surface area contributed by atoms with Crippen LogP contribution >= 0.6 is 0 Å². The molecule has 2 aliphatic heterocycles. The summed E-state index contributed by atoms with van der Waals surface area (Å²) in [6.07, 6.45) is 6.37. The zero-order valence-electron chi connectivity index (χ0n) is 16.2. The van der Waals surface area contributed by atoms with Gasteiger partial charge in [0.05, 0.1) is 0 Å². The van der Waals surface area contributed by atoms with E-state index in [-0.39, 0.29) is 17.0 Å². The maximum atomic E-state index is 13.0. The van der Waals surface area contributed by atoms with E-state index in [4.69, 9.17) is 4.74 Å². The first-order valence-corrected chi connectivity index (χ1v) is 9.25. The third kappa shape index (κ3) is 3.90. The van der Waals surface area contributed by atoms with E-state index in [1.165, 1.54) is 19.3 Å². The van der Waals surface area contributed by atoms with Gasteiger partial charge in [-0.2, -0.15) is 0 Å². The lowest BCUT2D eigenvalue weighted by Gasteiger charge is -2.53. The molecule has 2 heterocycles. The van der Waals surface area contributed by atoms with Crippen molar-refractivity contribution in [1.29, 1.82) is 0 Å². The zero-order chi connectivity index (χ0) is 17.5. The number of nitrogens with one attached hydrogen (secondary N) is 1. The molecule has 23 heavy (non-hydrogen) atoms. The van der Waals surface area contributed by atoms with E-state index in [0.717, 1.165) is 25.8 Å². The Morgan fingerprint density at radius 3 is 2.09 bits per heavy atom. The highest BCUT2D eigenvalue weighted by Gasteiger charge is 2.61. The first kappa shape index (κ1) is 18.7. The van der Waals surface area contributed by atoms with E-state index >= 15 is 0 Å². The van der Waals surface area contributed by atoms with E-state index < -0.39 is 11.3 Å². The Bertz CT molecular complexity index is 438. The summed E-state index contributed by atoms with van der Waals surface area (Å²) in [6.45, 7) is 15.7. The van der Waals surface area contributed by atoms with Crippen LogP contribution in [0.2, 0.25) is 0 Å². The van der Waals surface area contributed by atoms with Gasteiger partial charge in [-0.25, -0.2) is 0 Å². The number of piperidine rings is 1. The van der Waals surface area contributed by atoms with Gasteiger partial charge in [0.25, 0.3) is 5.91 Å². The van der Waals surface area contributed by atoms with Crippen LogP contribution in [0.5, 0.6) is 0 Å². The van der Waals surface area contributed by atoms with E-state index in [2.05, 4.69) is 44.8 Å². The van der Waals surface area contributed by atoms with Crippen molar-refractivity contribution in [2.45, 2.75) is 109 Å². The van der Waals surface area contributed by atoms with Gasteiger partial charge in [-0.1, -0.05) is 26.2 Å². The molecule has 0 aliphatic carbocycles. The van der Waals surface area contributed by atoms with Crippen molar-refractivity contribution in [2.24, 2.45) is 0 Å². The number of carbonyl (C=O) groups excluding carboxylic acids is 1. The second-order valence-electron chi connectivity index (χ2n) is 9.32. The van der Waals surface area contributed by atoms with Crippen molar-refractivity contribution >= 4 is 5.91 Å². The first-order valence-electron chi connectivity index (χ1n) is 9.25. The molecule has 0 saturated carbocycles. The predicted molar refractivity (Wildman–Crippen MR) is 94.3 cm³/mol. The Balaban J connectivity index is 2.26. The van der Waals surface area contributed by atoms with Crippen molar-refractivity contribution in [2.75, 3.05) is 6.54 Å². The standard InChI is InChI=1S/C19H36N2O2/c1-8-9-10-11-12-21-15(22)18(6,7)23-19(21)13-16(2,3)20-17(4,5)14-19/h20H,8-14H2,1-7H3. The van der Waals surface area contributed by atoms with Crippen LogP contribution in [0, 0.1) is 0 Å². The maximum Gasteiger partial charge on any atom is 0.256 e. The number of unbranched alkanes of at least 4 members (excludes halogenated alkanes) is 3. The average molecular weight is 325 g/mol. The minimum atomic E-state index is -0.714. The molecule has 2 aliphatic rings. The zero-order valence-corrected chi connectivity index (χ0v) is 16.2. The highest BCUT2D eigenvalue weighted by Crippen LogP contribution is 2.47. The van der Waals surface area contributed by atoms with Crippen LogP contribution in [-0.4, -0.2) is 39.8 Å². The van der Waals surface area contributed by atoms with Crippen LogP contribution in [0.15, 0.2) is 0 Å². The number of carbonyl (C=O) groups is 1. The summed E-state index contributed by atoms with van der Waals surface area (Å²) in [7, 11) is 0. The van der Waals surface area contributed by atoms with Gasteiger partial charge in [-0.15, -0.1) is 0 Å². The molecule has 1 spiro atoms. The van der Waals surface area contributed by atoms with Crippen molar-refractivity contribution < 1.29 is 9.53 Å². The predicted octanol–water partition coefficient (Wildman–Crippen LogP) is 3.84. The van der Waals surface area contributed by atoms with Gasteiger partial charge in [-0.3, -0.25) is 4.79 Å². The fourth-order valence-electron chi connectivity index (χ4n) is 4.80. The number of hydrogen-bond acceptors (Lipinski definition) is 3. The van der Waals surface area contributed by atoms with Gasteiger partial charge in [0.2, 0.25) is 0 Å². The fourth-order valence-corrected chi connectivity index (χ4v) is 4.80. The number of hydrogen-bond donors (Lipinski definition) is 1. The molecule has 2 rings (SSSR count). The molecular formula is C19H36N2O2. The lowest BCUT2D eigenvalue weighted by molar-refractivity contribution is -0.177. The average Bonchev–Trinajstić information content (AvgIpc) is 2.49. The Labute approximate surface area is 142 Å². The summed E-state index contributed by atoms with van der Waals surface area (Å²) in [5.74, 6) is 0.155. The number of amides is 1. The SMILES string of the molecule is CCCCCCN1C(=O)C(C)(C)OC12CC(C)(C)NC(C)(C)C2. The molecule has 0 unspecified atom stereocenters. The Hall–Kier alpha value is -0.610. The smallest absolute Gasteiger partial charge is 0.256 e.